The molecule has 2 rings (SSSR count). The third-order valence-electron chi connectivity index (χ3n) is 3.01. The van der Waals surface area contributed by atoms with Gasteiger partial charge in [-0.1, -0.05) is 11.6 Å². The Morgan fingerprint density at radius 3 is 2.55 bits per heavy atom. The predicted molar refractivity (Wildman–Crippen MR) is 80.6 cm³/mol. The highest BCUT2D eigenvalue weighted by molar-refractivity contribution is 6.30. The van der Waals surface area contributed by atoms with Gasteiger partial charge in [0.05, 0.1) is 11.4 Å². The molecule has 0 saturated heterocycles. The summed E-state index contributed by atoms with van der Waals surface area (Å²) >= 11 is 5.74. The lowest BCUT2D eigenvalue weighted by molar-refractivity contribution is -0.120. The fraction of sp³-hybridized carbons (Fsp3) is 0.250. The molecule has 1 heterocycles. The van der Waals surface area contributed by atoms with Gasteiger partial charge in [0.1, 0.15) is 11.6 Å². The van der Waals surface area contributed by atoms with Gasteiger partial charge in [-0.05, 0) is 42.7 Å². The molecular formula is C16H15ClF2N2O. The molecule has 6 heteroatoms. The molecule has 0 bridgehead atoms. The minimum absolute atomic E-state index is 0.0477. The topological polar surface area (TPSA) is 42.0 Å². The van der Waals surface area contributed by atoms with Crippen LogP contribution in [0.4, 0.5) is 8.78 Å². The van der Waals surface area contributed by atoms with Crippen LogP contribution >= 0.6 is 11.6 Å². The van der Waals surface area contributed by atoms with Crippen LogP contribution in [0.1, 0.15) is 17.7 Å². The van der Waals surface area contributed by atoms with Crippen LogP contribution in [0.2, 0.25) is 5.02 Å². The van der Waals surface area contributed by atoms with Crippen LogP contribution in [-0.4, -0.2) is 17.4 Å². The van der Waals surface area contributed by atoms with Gasteiger partial charge in [-0.2, -0.15) is 0 Å². The average Bonchev–Trinajstić information content (AvgIpc) is 2.44. The number of pyridine rings is 1. The first kappa shape index (κ1) is 16.4. The van der Waals surface area contributed by atoms with Crippen molar-refractivity contribution in [3.63, 3.8) is 0 Å². The molecule has 0 atom stereocenters. The second-order valence-electron chi connectivity index (χ2n) is 4.88. The number of benzene rings is 1. The Bertz CT molecular complexity index is 627. The summed E-state index contributed by atoms with van der Waals surface area (Å²) in [5.74, 6) is -1.64. The van der Waals surface area contributed by atoms with Crippen LogP contribution in [0.5, 0.6) is 0 Å². The normalized spacial score (nSPS) is 10.5. The van der Waals surface area contributed by atoms with Crippen molar-refractivity contribution in [3.8, 4) is 0 Å². The minimum atomic E-state index is -0.684. The summed E-state index contributed by atoms with van der Waals surface area (Å²) in [6.45, 7) is 0.473. The second-order valence-corrected chi connectivity index (χ2v) is 5.31. The van der Waals surface area contributed by atoms with Gasteiger partial charge in [0.15, 0.2) is 0 Å². The van der Waals surface area contributed by atoms with Gasteiger partial charge in [-0.15, -0.1) is 0 Å². The molecule has 1 aromatic carbocycles. The number of nitrogens with one attached hydrogen (secondary N) is 1. The SMILES string of the molecule is O=C(Cc1cc(F)cc(F)c1)NCCCc1ccc(Cl)cn1. The molecule has 0 aliphatic rings. The minimum Gasteiger partial charge on any atom is -0.356 e. The molecular weight excluding hydrogens is 310 g/mol. The molecule has 116 valence electrons. The zero-order valence-electron chi connectivity index (χ0n) is 11.8. The fourth-order valence-electron chi connectivity index (χ4n) is 2.01. The van der Waals surface area contributed by atoms with E-state index in [2.05, 4.69) is 10.3 Å². The van der Waals surface area contributed by atoms with E-state index in [0.29, 0.717) is 23.6 Å². The summed E-state index contributed by atoms with van der Waals surface area (Å²) in [7, 11) is 0. The maximum Gasteiger partial charge on any atom is 0.224 e. The molecule has 3 nitrogen and oxygen atoms in total. The molecule has 1 N–H and O–H groups in total. The summed E-state index contributed by atoms with van der Waals surface area (Å²) in [5, 5.41) is 3.30. The standard InChI is InChI=1S/C16H15ClF2N2O/c17-12-3-4-15(21-10-12)2-1-5-20-16(22)8-11-6-13(18)9-14(19)7-11/h3-4,6-7,9-10H,1-2,5,8H2,(H,20,22). The smallest absolute Gasteiger partial charge is 0.224 e. The Hall–Kier alpha value is -2.01. The van der Waals surface area contributed by atoms with E-state index in [0.717, 1.165) is 30.3 Å². The number of hydrogen-bond donors (Lipinski definition) is 1. The van der Waals surface area contributed by atoms with E-state index < -0.39 is 11.6 Å². The Morgan fingerprint density at radius 2 is 1.91 bits per heavy atom. The maximum absolute atomic E-state index is 13.0. The van der Waals surface area contributed by atoms with E-state index in [4.69, 9.17) is 11.6 Å². The van der Waals surface area contributed by atoms with E-state index in [9.17, 15) is 13.6 Å². The third-order valence-corrected chi connectivity index (χ3v) is 3.23. The lowest BCUT2D eigenvalue weighted by atomic mass is 10.1. The van der Waals surface area contributed by atoms with E-state index >= 15 is 0 Å². The quantitative estimate of drug-likeness (QED) is 0.828. The Morgan fingerprint density at radius 1 is 1.18 bits per heavy atom. The summed E-state index contributed by atoms with van der Waals surface area (Å²) in [6, 6.07) is 6.68. The van der Waals surface area contributed by atoms with Crippen molar-refractivity contribution in [2.45, 2.75) is 19.3 Å². The van der Waals surface area contributed by atoms with E-state index in [1.807, 2.05) is 6.07 Å². The van der Waals surface area contributed by atoms with Gasteiger partial charge in [0.2, 0.25) is 5.91 Å². The van der Waals surface area contributed by atoms with Crippen molar-refractivity contribution in [3.05, 3.63) is 64.4 Å². The molecule has 0 aliphatic carbocycles. The maximum atomic E-state index is 13.0. The van der Waals surface area contributed by atoms with E-state index in [1.165, 1.54) is 0 Å². The monoisotopic (exact) mass is 324 g/mol. The highest BCUT2D eigenvalue weighted by atomic mass is 35.5. The second kappa shape index (κ2) is 7.84. The van der Waals surface area contributed by atoms with E-state index in [1.54, 1.807) is 12.3 Å². The fourth-order valence-corrected chi connectivity index (χ4v) is 2.12. The lowest BCUT2D eigenvalue weighted by Gasteiger charge is -2.06. The first-order valence-corrected chi connectivity index (χ1v) is 7.23. The van der Waals surface area contributed by atoms with Gasteiger partial charge < -0.3 is 5.32 Å². The summed E-state index contributed by atoms with van der Waals surface area (Å²) < 4.78 is 26.0. The molecule has 1 amide bonds. The van der Waals surface area contributed by atoms with Crippen molar-refractivity contribution in [1.29, 1.82) is 0 Å². The van der Waals surface area contributed by atoms with Crippen LogP contribution in [0.15, 0.2) is 36.5 Å². The zero-order chi connectivity index (χ0) is 15.9. The number of rotatable bonds is 6. The van der Waals surface area contributed by atoms with Crippen LogP contribution in [0.3, 0.4) is 0 Å². The number of carbonyl (C=O) groups excluding carboxylic acids is 1. The van der Waals surface area contributed by atoms with Gasteiger partial charge in [0.25, 0.3) is 0 Å². The number of halogens is 3. The van der Waals surface area contributed by atoms with Gasteiger partial charge >= 0.3 is 0 Å². The van der Waals surface area contributed by atoms with Gasteiger partial charge in [-0.25, -0.2) is 8.78 Å². The van der Waals surface area contributed by atoms with Crippen molar-refractivity contribution in [2.24, 2.45) is 0 Å². The molecule has 0 spiro atoms. The molecule has 1 aromatic heterocycles. The van der Waals surface area contributed by atoms with Crippen molar-refractivity contribution >= 4 is 17.5 Å². The Labute approximate surface area is 132 Å². The highest BCUT2D eigenvalue weighted by Crippen LogP contribution is 2.09. The number of aromatic nitrogens is 1. The van der Waals surface area contributed by atoms with Gasteiger partial charge in [-0.3, -0.25) is 9.78 Å². The molecule has 0 radical (unpaired) electrons. The molecule has 2 aromatic rings. The van der Waals surface area contributed by atoms with Crippen LogP contribution < -0.4 is 5.32 Å². The average molecular weight is 325 g/mol. The van der Waals surface area contributed by atoms with Gasteiger partial charge in [0, 0.05) is 24.5 Å². The number of hydrogen-bond acceptors (Lipinski definition) is 2. The highest BCUT2D eigenvalue weighted by Gasteiger charge is 2.06. The van der Waals surface area contributed by atoms with Crippen molar-refractivity contribution < 1.29 is 13.6 Å². The third kappa shape index (κ3) is 5.41. The number of aryl methyl sites for hydroxylation is 1. The Balaban J connectivity index is 1.72. The largest absolute Gasteiger partial charge is 0.356 e. The molecule has 0 fully saturated rings. The zero-order valence-corrected chi connectivity index (χ0v) is 12.5. The summed E-state index contributed by atoms with van der Waals surface area (Å²) in [6.07, 6.45) is 2.96. The molecule has 22 heavy (non-hydrogen) atoms. The van der Waals surface area contributed by atoms with Crippen LogP contribution in [-0.2, 0) is 17.6 Å². The number of amides is 1. The number of nitrogens with zero attached hydrogens (tertiary/aromatic N) is 1. The first-order valence-electron chi connectivity index (χ1n) is 6.85. The van der Waals surface area contributed by atoms with Crippen LogP contribution in [0.25, 0.3) is 0 Å². The lowest BCUT2D eigenvalue weighted by Crippen LogP contribution is -2.26. The number of carbonyl (C=O) groups is 1. The molecule has 0 aliphatic heterocycles. The first-order chi connectivity index (χ1) is 10.5. The summed E-state index contributed by atoms with van der Waals surface area (Å²) in [4.78, 5) is 15.9. The Kier molecular flexibility index (Phi) is 5.83. The molecule has 0 unspecified atom stereocenters. The predicted octanol–water partition coefficient (Wildman–Crippen LogP) is 3.30. The van der Waals surface area contributed by atoms with Crippen molar-refractivity contribution in [1.82, 2.24) is 10.3 Å². The van der Waals surface area contributed by atoms with Crippen LogP contribution in [0, 0.1) is 11.6 Å². The van der Waals surface area contributed by atoms with Crippen molar-refractivity contribution in [2.75, 3.05) is 6.54 Å². The molecule has 0 saturated carbocycles. The van der Waals surface area contributed by atoms with E-state index in [-0.39, 0.29) is 12.3 Å². The summed E-state index contributed by atoms with van der Waals surface area (Å²) in [5.41, 5.74) is 1.21.